The van der Waals surface area contributed by atoms with Crippen LogP contribution in [0.15, 0.2) is 66.7 Å². The number of methoxy groups -OCH3 is 1. The second-order valence-electron chi connectivity index (χ2n) is 6.24. The molecule has 2 amide bonds. The van der Waals surface area contributed by atoms with Crippen LogP contribution in [-0.2, 0) is 4.79 Å². The molecule has 5 nitrogen and oxygen atoms in total. The minimum absolute atomic E-state index is 0.105. The summed E-state index contributed by atoms with van der Waals surface area (Å²) in [5.41, 5.74) is 1.44. The van der Waals surface area contributed by atoms with Crippen LogP contribution in [-0.4, -0.2) is 25.5 Å². The lowest BCUT2D eigenvalue weighted by Crippen LogP contribution is -2.38. The van der Waals surface area contributed by atoms with Gasteiger partial charge in [-0.2, -0.15) is 0 Å². The molecule has 2 N–H and O–H groups in total. The van der Waals surface area contributed by atoms with Crippen molar-refractivity contribution in [3.05, 3.63) is 77.9 Å². The molecule has 27 heavy (non-hydrogen) atoms. The van der Waals surface area contributed by atoms with Crippen LogP contribution in [0.25, 0.3) is 10.8 Å². The van der Waals surface area contributed by atoms with Gasteiger partial charge in [0.1, 0.15) is 5.75 Å². The molecule has 0 spiro atoms. The van der Waals surface area contributed by atoms with Crippen LogP contribution in [0.4, 0.5) is 0 Å². The van der Waals surface area contributed by atoms with Gasteiger partial charge < -0.3 is 15.4 Å². The summed E-state index contributed by atoms with van der Waals surface area (Å²) in [6.45, 7) is 1.83. The lowest BCUT2D eigenvalue weighted by molar-refractivity contribution is -0.120. The molecule has 0 radical (unpaired) electrons. The summed E-state index contributed by atoms with van der Waals surface area (Å²) in [6, 6.07) is 20.8. The van der Waals surface area contributed by atoms with Crippen molar-refractivity contribution in [2.24, 2.45) is 0 Å². The Morgan fingerprint density at radius 2 is 1.67 bits per heavy atom. The van der Waals surface area contributed by atoms with Gasteiger partial charge in [-0.25, -0.2) is 0 Å². The Kier molecular flexibility index (Phi) is 5.71. The molecule has 0 heterocycles. The molecule has 3 rings (SSSR count). The third-order valence-electron chi connectivity index (χ3n) is 4.43. The maximum absolute atomic E-state index is 12.3. The first kappa shape index (κ1) is 18.5. The van der Waals surface area contributed by atoms with Crippen LogP contribution in [0.2, 0.25) is 0 Å². The number of fused-ring (bicyclic) bond motifs is 1. The van der Waals surface area contributed by atoms with Gasteiger partial charge in [0.15, 0.2) is 0 Å². The van der Waals surface area contributed by atoms with E-state index in [0.717, 1.165) is 16.3 Å². The molecule has 0 saturated heterocycles. The maximum atomic E-state index is 12.3. The highest BCUT2D eigenvalue weighted by Gasteiger charge is 2.15. The lowest BCUT2D eigenvalue weighted by Gasteiger charge is -2.17. The van der Waals surface area contributed by atoms with E-state index in [9.17, 15) is 9.59 Å². The van der Waals surface area contributed by atoms with Crippen molar-refractivity contribution >= 4 is 22.6 Å². The smallest absolute Gasteiger partial charge is 0.255 e. The third kappa shape index (κ3) is 4.26. The van der Waals surface area contributed by atoms with Crippen molar-refractivity contribution in [2.75, 3.05) is 13.7 Å². The zero-order valence-corrected chi connectivity index (χ0v) is 15.4. The van der Waals surface area contributed by atoms with Crippen molar-refractivity contribution in [1.29, 1.82) is 0 Å². The van der Waals surface area contributed by atoms with Gasteiger partial charge >= 0.3 is 0 Å². The zero-order valence-electron chi connectivity index (χ0n) is 15.4. The molecule has 3 aromatic carbocycles. The monoisotopic (exact) mass is 362 g/mol. The van der Waals surface area contributed by atoms with Crippen LogP contribution in [0.5, 0.6) is 5.75 Å². The number of hydrogen-bond acceptors (Lipinski definition) is 3. The Bertz CT molecular complexity index is 963. The van der Waals surface area contributed by atoms with Gasteiger partial charge in [-0.3, -0.25) is 9.59 Å². The molecule has 0 fully saturated rings. The van der Waals surface area contributed by atoms with Crippen molar-refractivity contribution in [3.8, 4) is 5.75 Å². The normalized spacial score (nSPS) is 11.6. The van der Waals surface area contributed by atoms with Crippen LogP contribution in [0, 0.1) is 0 Å². The fraction of sp³-hybridized carbons (Fsp3) is 0.182. The van der Waals surface area contributed by atoms with Crippen LogP contribution >= 0.6 is 0 Å². The summed E-state index contributed by atoms with van der Waals surface area (Å²) in [6.07, 6.45) is 0. The summed E-state index contributed by atoms with van der Waals surface area (Å²) in [7, 11) is 1.50. The third-order valence-corrected chi connectivity index (χ3v) is 4.43. The fourth-order valence-corrected chi connectivity index (χ4v) is 3.09. The van der Waals surface area contributed by atoms with E-state index in [2.05, 4.69) is 10.6 Å². The lowest BCUT2D eigenvalue weighted by atomic mass is 10.00. The molecule has 0 aliphatic rings. The number of para-hydroxylation sites is 1. The van der Waals surface area contributed by atoms with E-state index >= 15 is 0 Å². The average Bonchev–Trinajstić information content (AvgIpc) is 2.71. The van der Waals surface area contributed by atoms with Crippen LogP contribution in [0.3, 0.4) is 0 Å². The second-order valence-corrected chi connectivity index (χ2v) is 6.24. The summed E-state index contributed by atoms with van der Waals surface area (Å²) in [4.78, 5) is 24.6. The average molecular weight is 362 g/mol. The number of carbonyl (C=O) groups is 2. The standard InChI is InChI=1S/C22H22N2O3/c1-15(17-12-7-9-16-8-3-4-10-18(16)17)24-21(25)14-23-22(26)19-11-5-6-13-20(19)27-2/h3-13,15H,14H2,1-2H3,(H,23,26)(H,24,25)/t15-/m0/s1. The Balaban J connectivity index is 1.63. The molecule has 0 aliphatic carbocycles. The van der Waals surface area contributed by atoms with E-state index in [1.165, 1.54) is 7.11 Å². The van der Waals surface area contributed by atoms with Gasteiger partial charge in [-0.1, -0.05) is 54.6 Å². The summed E-state index contributed by atoms with van der Waals surface area (Å²) < 4.78 is 5.18. The number of nitrogens with one attached hydrogen (secondary N) is 2. The molecule has 138 valence electrons. The number of ether oxygens (including phenoxy) is 1. The van der Waals surface area contributed by atoms with Crippen LogP contribution in [0.1, 0.15) is 28.9 Å². The number of benzene rings is 3. The quantitative estimate of drug-likeness (QED) is 0.706. The molecule has 0 saturated carbocycles. The highest BCUT2D eigenvalue weighted by Crippen LogP contribution is 2.24. The largest absolute Gasteiger partial charge is 0.496 e. The van der Waals surface area contributed by atoms with Gasteiger partial charge in [-0.15, -0.1) is 0 Å². The molecule has 5 heteroatoms. The Hall–Kier alpha value is -3.34. The number of amides is 2. The highest BCUT2D eigenvalue weighted by molar-refractivity contribution is 5.98. The van der Waals surface area contributed by atoms with E-state index in [4.69, 9.17) is 4.74 Å². The summed E-state index contributed by atoms with van der Waals surface area (Å²) in [5, 5.41) is 7.80. The highest BCUT2D eigenvalue weighted by atomic mass is 16.5. The van der Waals surface area contributed by atoms with E-state index < -0.39 is 0 Å². The van der Waals surface area contributed by atoms with Gasteiger partial charge in [0.05, 0.1) is 25.3 Å². The minimum Gasteiger partial charge on any atom is -0.496 e. The topological polar surface area (TPSA) is 67.4 Å². The number of rotatable bonds is 6. The molecule has 0 bridgehead atoms. The molecule has 0 aromatic heterocycles. The Labute approximate surface area is 158 Å². The first-order chi connectivity index (χ1) is 13.1. The second kappa shape index (κ2) is 8.36. The Morgan fingerprint density at radius 1 is 0.963 bits per heavy atom. The first-order valence-corrected chi connectivity index (χ1v) is 8.78. The van der Waals surface area contributed by atoms with E-state index in [1.54, 1.807) is 24.3 Å². The molecular formula is C22H22N2O3. The van der Waals surface area contributed by atoms with E-state index in [0.29, 0.717) is 11.3 Å². The van der Waals surface area contributed by atoms with E-state index in [-0.39, 0.29) is 24.4 Å². The molecule has 3 aromatic rings. The van der Waals surface area contributed by atoms with Crippen molar-refractivity contribution in [1.82, 2.24) is 10.6 Å². The molecule has 1 atom stereocenters. The predicted octanol–water partition coefficient (Wildman–Crippen LogP) is 3.46. The minimum atomic E-state index is -0.347. The van der Waals surface area contributed by atoms with Crippen molar-refractivity contribution in [2.45, 2.75) is 13.0 Å². The number of hydrogen-bond donors (Lipinski definition) is 2. The Morgan fingerprint density at radius 3 is 2.48 bits per heavy atom. The van der Waals surface area contributed by atoms with Crippen LogP contribution < -0.4 is 15.4 Å². The molecule has 0 unspecified atom stereocenters. The van der Waals surface area contributed by atoms with Crippen molar-refractivity contribution in [3.63, 3.8) is 0 Å². The van der Waals surface area contributed by atoms with Gasteiger partial charge in [0.2, 0.25) is 5.91 Å². The summed E-state index contributed by atoms with van der Waals surface area (Å²) in [5.74, 6) is -0.126. The SMILES string of the molecule is COc1ccccc1C(=O)NCC(=O)N[C@@H](C)c1cccc2ccccc12. The zero-order chi connectivity index (χ0) is 19.2. The van der Waals surface area contributed by atoms with Gasteiger partial charge in [-0.05, 0) is 35.4 Å². The predicted molar refractivity (Wildman–Crippen MR) is 106 cm³/mol. The van der Waals surface area contributed by atoms with Gasteiger partial charge in [0.25, 0.3) is 5.91 Å². The first-order valence-electron chi connectivity index (χ1n) is 8.78. The fourth-order valence-electron chi connectivity index (χ4n) is 3.09. The molecular weight excluding hydrogens is 340 g/mol. The summed E-state index contributed by atoms with van der Waals surface area (Å²) >= 11 is 0. The molecule has 0 aliphatic heterocycles. The van der Waals surface area contributed by atoms with Crippen molar-refractivity contribution < 1.29 is 14.3 Å². The van der Waals surface area contributed by atoms with E-state index in [1.807, 2.05) is 49.4 Å². The number of carbonyl (C=O) groups excluding carboxylic acids is 2. The van der Waals surface area contributed by atoms with Gasteiger partial charge in [0, 0.05) is 0 Å². The maximum Gasteiger partial charge on any atom is 0.255 e.